The van der Waals surface area contributed by atoms with Gasteiger partial charge in [0.05, 0.1) is 30.2 Å². The molecule has 6 nitrogen and oxygen atoms in total. The van der Waals surface area contributed by atoms with Crippen molar-refractivity contribution in [2.75, 3.05) is 19.8 Å². The minimum atomic E-state index is -0.378. The molecule has 2 aliphatic rings. The Morgan fingerprint density at radius 1 is 1.37 bits per heavy atom. The van der Waals surface area contributed by atoms with Crippen LogP contribution in [0, 0.1) is 5.92 Å². The quantitative estimate of drug-likeness (QED) is 0.572. The van der Waals surface area contributed by atoms with Crippen molar-refractivity contribution in [3.05, 3.63) is 33.8 Å². The highest BCUT2D eigenvalue weighted by molar-refractivity contribution is 7.22. The molecule has 3 aromatic rings. The van der Waals surface area contributed by atoms with Crippen LogP contribution in [0.1, 0.15) is 37.4 Å². The van der Waals surface area contributed by atoms with Crippen molar-refractivity contribution >= 4 is 38.7 Å². The number of ketones is 1. The van der Waals surface area contributed by atoms with E-state index in [1.165, 1.54) is 16.0 Å². The number of hydrogen-bond acceptors (Lipinski definition) is 8. The van der Waals surface area contributed by atoms with Crippen molar-refractivity contribution in [1.82, 2.24) is 15.3 Å². The summed E-state index contributed by atoms with van der Waals surface area (Å²) in [6.45, 7) is 2.86. The highest BCUT2D eigenvalue weighted by atomic mass is 32.1. The number of hydrogen-bond donors (Lipinski definition) is 2. The molecule has 2 N–H and O–H groups in total. The number of aliphatic hydroxyl groups is 1. The number of fused-ring (bicyclic) bond motifs is 2. The van der Waals surface area contributed by atoms with Gasteiger partial charge in [-0.3, -0.25) is 9.78 Å². The second kappa shape index (κ2) is 8.80. The zero-order valence-electron chi connectivity index (χ0n) is 16.7. The third-order valence-electron chi connectivity index (χ3n) is 5.96. The molecule has 0 aromatic carbocycles. The van der Waals surface area contributed by atoms with E-state index < -0.39 is 0 Å². The summed E-state index contributed by atoms with van der Waals surface area (Å²) in [6.07, 6.45) is 6.86. The number of pyridine rings is 1. The number of Topliss-reactive ketones (excluding diaryl/α,β-unsaturated/α-hetero) is 1. The predicted molar refractivity (Wildman–Crippen MR) is 123 cm³/mol. The van der Waals surface area contributed by atoms with E-state index in [-0.39, 0.29) is 20.7 Å². The molecule has 30 heavy (non-hydrogen) atoms. The van der Waals surface area contributed by atoms with Gasteiger partial charge in [0.25, 0.3) is 0 Å². The number of nitrogens with one attached hydrogen (secondary N) is 1. The minimum Gasteiger partial charge on any atom is -0.390 e. The molecule has 5 rings (SSSR count). The molecule has 0 radical (unpaired) electrons. The van der Waals surface area contributed by atoms with E-state index >= 15 is 0 Å². The Morgan fingerprint density at radius 2 is 2.30 bits per heavy atom. The SMILES string of the molecule is O=C(CCC[C@H]1COC[C@@H]1O)Cc1sc2c(c1-c1nc3cnccc3s1)CCNC2.[HH].[HH]. The number of aliphatic hydroxyl groups excluding tert-OH is 1. The minimum absolute atomic E-state index is 0. The van der Waals surface area contributed by atoms with Crippen LogP contribution < -0.4 is 5.32 Å². The summed E-state index contributed by atoms with van der Waals surface area (Å²) < 4.78 is 6.44. The van der Waals surface area contributed by atoms with Crippen molar-refractivity contribution in [3.63, 3.8) is 0 Å². The summed E-state index contributed by atoms with van der Waals surface area (Å²) in [5, 5.41) is 14.3. The average Bonchev–Trinajstić information content (AvgIpc) is 3.44. The number of thiazole rings is 1. The number of thiophene rings is 1. The lowest BCUT2D eigenvalue weighted by molar-refractivity contribution is -0.118. The van der Waals surface area contributed by atoms with Crippen molar-refractivity contribution < 1.29 is 17.5 Å². The molecule has 1 fully saturated rings. The number of nitrogens with zero attached hydrogens (tertiary/aromatic N) is 2. The third-order valence-corrected chi connectivity index (χ3v) is 8.24. The van der Waals surface area contributed by atoms with Gasteiger partial charge in [0, 0.05) is 49.7 Å². The number of aromatic nitrogens is 2. The zero-order chi connectivity index (χ0) is 20.5. The van der Waals surface area contributed by atoms with Crippen LogP contribution in [0.25, 0.3) is 20.8 Å². The van der Waals surface area contributed by atoms with Gasteiger partial charge >= 0.3 is 0 Å². The smallest absolute Gasteiger partial charge is 0.138 e. The van der Waals surface area contributed by atoms with Crippen LogP contribution >= 0.6 is 22.7 Å². The molecule has 2 atom stereocenters. The molecule has 2 aliphatic heterocycles. The first kappa shape index (κ1) is 20.2. The Hall–Kier alpha value is -1.71. The van der Waals surface area contributed by atoms with Gasteiger partial charge in [-0.1, -0.05) is 0 Å². The molecule has 162 valence electrons. The molecule has 0 aliphatic carbocycles. The Labute approximate surface area is 186 Å². The van der Waals surface area contributed by atoms with Gasteiger partial charge in [-0.2, -0.15) is 0 Å². The predicted octanol–water partition coefficient (Wildman–Crippen LogP) is 3.85. The lowest BCUT2D eigenvalue weighted by Gasteiger charge is -2.13. The van der Waals surface area contributed by atoms with E-state index in [9.17, 15) is 9.90 Å². The molecule has 5 heterocycles. The summed E-state index contributed by atoms with van der Waals surface area (Å²) in [6, 6.07) is 2.00. The fourth-order valence-electron chi connectivity index (χ4n) is 4.34. The molecule has 3 aromatic heterocycles. The maximum Gasteiger partial charge on any atom is 0.138 e. The largest absolute Gasteiger partial charge is 0.390 e. The summed E-state index contributed by atoms with van der Waals surface area (Å²) in [5.41, 5.74) is 3.46. The van der Waals surface area contributed by atoms with Crippen molar-refractivity contribution in [1.29, 1.82) is 0 Å². The Morgan fingerprint density at radius 3 is 3.13 bits per heavy atom. The van der Waals surface area contributed by atoms with E-state index in [0.717, 1.165) is 52.5 Å². The van der Waals surface area contributed by atoms with Crippen LogP contribution in [0.4, 0.5) is 0 Å². The van der Waals surface area contributed by atoms with Crippen LogP contribution in [-0.2, 0) is 28.9 Å². The molecule has 1 saturated heterocycles. The maximum absolute atomic E-state index is 12.8. The third kappa shape index (κ3) is 4.07. The van der Waals surface area contributed by atoms with Crippen molar-refractivity contribution in [3.8, 4) is 10.6 Å². The van der Waals surface area contributed by atoms with Gasteiger partial charge in [-0.25, -0.2) is 4.98 Å². The molecule has 0 spiro atoms. The number of carbonyl (C=O) groups is 1. The van der Waals surface area contributed by atoms with E-state index in [1.807, 2.05) is 12.3 Å². The fraction of sp³-hybridized carbons (Fsp3) is 0.500. The lowest BCUT2D eigenvalue weighted by atomic mass is 9.96. The summed E-state index contributed by atoms with van der Waals surface area (Å²) in [7, 11) is 0. The highest BCUT2D eigenvalue weighted by Crippen LogP contribution is 2.41. The second-order valence-electron chi connectivity index (χ2n) is 8.06. The summed E-state index contributed by atoms with van der Waals surface area (Å²) in [5.74, 6) is 0.434. The highest BCUT2D eigenvalue weighted by Gasteiger charge is 2.27. The topological polar surface area (TPSA) is 84.3 Å². The Kier molecular flexibility index (Phi) is 5.93. The second-order valence-corrected chi connectivity index (χ2v) is 10.3. The summed E-state index contributed by atoms with van der Waals surface area (Å²) >= 11 is 3.45. The van der Waals surface area contributed by atoms with Crippen LogP contribution in [0.5, 0.6) is 0 Å². The van der Waals surface area contributed by atoms with Crippen LogP contribution in [0.2, 0.25) is 0 Å². The van der Waals surface area contributed by atoms with Gasteiger partial charge < -0.3 is 15.2 Å². The lowest BCUT2D eigenvalue weighted by Crippen LogP contribution is -2.22. The number of carbonyl (C=O) groups excluding carboxylic acids is 1. The van der Waals surface area contributed by atoms with E-state index in [4.69, 9.17) is 9.72 Å². The molecule has 0 bridgehead atoms. The molecule has 0 saturated carbocycles. The maximum atomic E-state index is 12.8. The first-order chi connectivity index (χ1) is 14.7. The first-order valence-electron chi connectivity index (χ1n) is 10.5. The number of rotatable bonds is 7. The van der Waals surface area contributed by atoms with Crippen LogP contribution in [0.3, 0.4) is 0 Å². The van der Waals surface area contributed by atoms with Gasteiger partial charge in [0.2, 0.25) is 0 Å². The van der Waals surface area contributed by atoms with E-state index in [0.29, 0.717) is 26.1 Å². The van der Waals surface area contributed by atoms with E-state index in [1.54, 1.807) is 28.9 Å². The average molecular weight is 448 g/mol. The first-order valence-corrected chi connectivity index (χ1v) is 12.1. The molecular formula is C22H29N3O3S2. The van der Waals surface area contributed by atoms with Gasteiger partial charge in [0.15, 0.2) is 0 Å². The van der Waals surface area contributed by atoms with Crippen LogP contribution in [0.15, 0.2) is 18.5 Å². The van der Waals surface area contributed by atoms with Gasteiger partial charge in [-0.15, -0.1) is 22.7 Å². The fourth-order valence-corrected chi connectivity index (χ4v) is 6.79. The van der Waals surface area contributed by atoms with Crippen molar-refractivity contribution in [2.24, 2.45) is 5.92 Å². The van der Waals surface area contributed by atoms with E-state index in [2.05, 4.69) is 10.3 Å². The normalized spacial score (nSPS) is 21.2. The van der Waals surface area contributed by atoms with Crippen molar-refractivity contribution in [2.45, 2.75) is 44.8 Å². The summed E-state index contributed by atoms with van der Waals surface area (Å²) in [4.78, 5) is 24.3. The zero-order valence-corrected chi connectivity index (χ0v) is 18.4. The molecular weight excluding hydrogens is 418 g/mol. The Bertz CT molecular complexity index is 1040. The Balaban J connectivity index is 0.00000144. The van der Waals surface area contributed by atoms with Gasteiger partial charge in [-0.05, 0) is 37.4 Å². The number of ether oxygens (including phenoxy) is 1. The van der Waals surface area contributed by atoms with Crippen LogP contribution in [-0.4, -0.2) is 46.7 Å². The standard InChI is InChI=1S/C22H25N3O3S2.2H2/c26-14(3-1-2-13-11-28-12-17(13)27)8-19-21(15-4-6-24-10-20(15)29-19)22-25-16-9-23-7-5-18(16)30-22;;/h5,7,9,13,17,24,27H,1-4,6,8,10-12H2;2*1H/t13-,17-;;/m0../s1. The molecule has 8 heteroatoms. The monoisotopic (exact) mass is 447 g/mol. The molecule has 0 unspecified atom stereocenters. The van der Waals surface area contributed by atoms with Gasteiger partial charge in [0.1, 0.15) is 16.3 Å². The molecule has 0 amide bonds.